The Morgan fingerprint density at radius 3 is 2.36 bits per heavy atom. The average Bonchev–Trinajstić information content (AvgIpc) is 2.64. The molecule has 1 aromatic carbocycles. The standard InChI is InChI=1S/C9H9ClO/c1-7-9(10,11-7)8-5-3-2-4-6-8/h2-7H,1H3/t7-,9+/m0/s1. The Balaban J connectivity index is 2.32. The van der Waals surface area contributed by atoms with Gasteiger partial charge >= 0.3 is 0 Å². The van der Waals surface area contributed by atoms with Gasteiger partial charge in [-0.1, -0.05) is 41.9 Å². The summed E-state index contributed by atoms with van der Waals surface area (Å²) in [5.41, 5.74) is 1.05. The maximum atomic E-state index is 6.10. The van der Waals surface area contributed by atoms with E-state index < -0.39 is 5.06 Å². The van der Waals surface area contributed by atoms with Crippen LogP contribution in [0.4, 0.5) is 0 Å². The fourth-order valence-corrected chi connectivity index (χ4v) is 1.45. The first-order valence-electron chi connectivity index (χ1n) is 3.66. The normalized spacial score (nSPS) is 35.3. The molecule has 1 heterocycles. The van der Waals surface area contributed by atoms with Gasteiger partial charge in [0.2, 0.25) is 0 Å². The number of hydrogen-bond acceptors (Lipinski definition) is 1. The predicted molar refractivity (Wildman–Crippen MR) is 44.5 cm³/mol. The molecule has 1 saturated heterocycles. The first kappa shape index (κ1) is 7.14. The Morgan fingerprint density at radius 2 is 1.91 bits per heavy atom. The molecule has 1 fully saturated rings. The Morgan fingerprint density at radius 1 is 1.36 bits per heavy atom. The molecule has 0 amide bonds. The van der Waals surface area contributed by atoms with E-state index in [1.54, 1.807) is 0 Å². The molecule has 0 unspecified atom stereocenters. The van der Waals surface area contributed by atoms with Gasteiger partial charge in [0, 0.05) is 5.56 Å². The second-order valence-corrected chi connectivity index (χ2v) is 3.33. The van der Waals surface area contributed by atoms with Crippen LogP contribution in [0.15, 0.2) is 30.3 Å². The van der Waals surface area contributed by atoms with Gasteiger partial charge in [-0.15, -0.1) is 0 Å². The van der Waals surface area contributed by atoms with E-state index in [2.05, 4.69) is 0 Å². The number of rotatable bonds is 1. The van der Waals surface area contributed by atoms with Crippen LogP contribution in [0.2, 0.25) is 0 Å². The maximum Gasteiger partial charge on any atom is 0.193 e. The van der Waals surface area contributed by atoms with E-state index in [0.29, 0.717) is 0 Å². The molecule has 0 aliphatic carbocycles. The fourth-order valence-electron chi connectivity index (χ4n) is 1.19. The highest BCUT2D eigenvalue weighted by molar-refractivity contribution is 6.25. The van der Waals surface area contributed by atoms with Crippen LogP contribution in [0.1, 0.15) is 12.5 Å². The van der Waals surface area contributed by atoms with Crippen molar-refractivity contribution in [2.75, 3.05) is 0 Å². The van der Waals surface area contributed by atoms with E-state index in [9.17, 15) is 0 Å². The summed E-state index contributed by atoms with van der Waals surface area (Å²) in [6, 6.07) is 9.87. The maximum absolute atomic E-state index is 6.10. The third-order valence-corrected chi connectivity index (χ3v) is 2.60. The molecule has 1 aliphatic heterocycles. The second kappa shape index (κ2) is 2.23. The average molecular weight is 169 g/mol. The van der Waals surface area contributed by atoms with Crippen molar-refractivity contribution in [2.45, 2.75) is 18.1 Å². The van der Waals surface area contributed by atoms with E-state index in [-0.39, 0.29) is 6.10 Å². The molecule has 0 spiro atoms. The van der Waals surface area contributed by atoms with Gasteiger partial charge in [0.05, 0.1) is 0 Å². The van der Waals surface area contributed by atoms with Crippen molar-refractivity contribution in [3.63, 3.8) is 0 Å². The lowest BCUT2D eigenvalue weighted by atomic mass is 10.1. The third kappa shape index (κ3) is 1.05. The van der Waals surface area contributed by atoms with Gasteiger partial charge in [-0.2, -0.15) is 0 Å². The Labute approximate surface area is 70.9 Å². The molecular formula is C9H9ClO. The summed E-state index contributed by atoms with van der Waals surface area (Å²) < 4.78 is 5.26. The van der Waals surface area contributed by atoms with Crippen LogP contribution < -0.4 is 0 Å². The molecule has 1 aromatic rings. The summed E-state index contributed by atoms with van der Waals surface area (Å²) in [6.07, 6.45) is 0.145. The highest BCUT2D eigenvalue weighted by atomic mass is 35.5. The zero-order valence-electron chi connectivity index (χ0n) is 6.25. The van der Waals surface area contributed by atoms with Gasteiger partial charge in [0.15, 0.2) is 5.06 Å². The number of hydrogen-bond donors (Lipinski definition) is 0. The Bertz CT molecular complexity index is 260. The summed E-state index contributed by atoms with van der Waals surface area (Å²) in [4.78, 5) is 0. The number of benzene rings is 1. The van der Waals surface area contributed by atoms with Crippen molar-refractivity contribution in [3.8, 4) is 0 Å². The van der Waals surface area contributed by atoms with Crippen molar-refractivity contribution in [1.82, 2.24) is 0 Å². The van der Waals surface area contributed by atoms with Crippen molar-refractivity contribution < 1.29 is 4.74 Å². The minimum absolute atomic E-state index is 0.145. The molecule has 11 heavy (non-hydrogen) atoms. The number of epoxide rings is 1. The lowest BCUT2D eigenvalue weighted by Crippen LogP contribution is -2.00. The number of halogens is 1. The molecule has 0 N–H and O–H groups in total. The predicted octanol–water partition coefficient (Wildman–Crippen LogP) is 2.50. The smallest absolute Gasteiger partial charge is 0.193 e. The third-order valence-electron chi connectivity index (χ3n) is 1.98. The lowest BCUT2D eigenvalue weighted by Gasteiger charge is -2.01. The van der Waals surface area contributed by atoms with Crippen molar-refractivity contribution >= 4 is 11.6 Å². The molecule has 2 heteroatoms. The summed E-state index contributed by atoms with van der Waals surface area (Å²) >= 11 is 6.10. The van der Waals surface area contributed by atoms with E-state index in [0.717, 1.165) is 5.56 Å². The van der Waals surface area contributed by atoms with Crippen LogP contribution in [0, 0.1) is 0 Å². The monoisotopic (exact) mass is 168 g/mol. The largest absolute Gasteiger partial charge is 0.345 e. The fraction of sp³-hybridized carbons (Fsp3) is 0.333. The minimum Gasteiger partial charge on any atom is -0.345 e. The molecule has 1 nitrogen and oxygen atoms in total. The Kier molecular flexibility index (Phi) is 1.44. The number of ether oxygens (including phenoxy) is 1. The molecular weight excluding hydrogens is 160 g/mol. The zero-order valence-corrected chi connectivity index (χ0v) is 7.01. The first-order chi connectivity index (χ1) is 5.23. The van der Waals surface area contributed by atoms with E-state index in [4.69, 9.17) is 16.3 Å². The summed E-state index contributed by atoms with van der Waals surface area (Å²) in [7, 11) is 0. The summed E-state index contributed by atoms with van der Waals surface area (Å²) in [5, 5.41) is -0.527. The van der Waals surface area contributed by atoms with E-state index in [1.165, 1.54) is 0 Å². The van der Waals surface area contributed by atoms with E-state index in [1.807, 2.05) is 37.3 Å². The lowest BCUT2D eigenvalue weighted by molar-refractivity contribution is 0.361. The topological polar surface area (TPSA) is 12.5 Å². The summed E-state index contributed by atoms with van der Waals surface area (Å²) in [6.45, 7) is 1.97. The van der Waals surface area contributed by atoms with Crippen molar-refractivity contribution in [2.24, 2.45) is 0 Å². The van der Waals surface area contributed by atoms with Crippen LogP contribution >= 0.6 is 11.6 Å². The van der Waals surface area contributed by atoms with Crippen LogP contribution in [-0.4, -0.2) is 6.10 Å². The van der Waals surface area contributed by atoms with Gasteiger partial charge in [0.25, 0.3) is 0 Å². The molecule has 1 aliphatic rings. The first-order valence-corrected chi connectivity index (χ1v) is 4.03. The Hall–Kier alpha value is -0.530. The minimum atomic E-state index is -0.527. The van der Waals surface area contributed by atoms with Gasteiger partial charge in [-0.05, 0) is 6.92 Å². The quantitative estimate of drug-likeness (QED) is 0.464. The van der Waals surface area contributed by atoms with Crippen LogP contribution in [0.25, 0.3) is 0 Å². The van der Waals surface area contributed by atoms with E-state index >= 15 is 0 Å². The van der Waals surface area contributed by atoms with Crippen LogP contribution in [0.5, 0.6) is 0 Å². The highest BCUT2D eigenvalue weighted by Gasteiger charge is 2.53. The zero-order chi connectivity index (χ0) is 7.90. The molecule has 2 rings (SSSR count). The molecule has 0 saturated carbocycles. The summed E-state index contributed by atoms with van der Waals surface area (Å²) in [5.74, 6) is 0. The molecule has 2 atom stereocenters. The van der Waals surface area contributed by atoms with Gasteiger partial charge < -0.3 is 4.74 Å². The van der Waals surface area contributed by atoms with Crippen LogP contribution in [-0.2, 0) is 9.80 Å². The van der Waals surface area contributed by atoms with Gasteiger partial charge in [-0.3, -0.25) is 0 Å². The highest BCUT2D eigenvalue weighted by Crippen LogP contribution is 2.49. The second-order valence-electron chi connectivity index (χ2n) is 2.77. The molecule has 0 bridgehead atoms. The molecule has 0 radical (unpaired) electrons. The molecule has 58 valence electrons. The van der Waals surface area contributed by atoms with Gasteiger partial charge in [0.1, 0.15) is 6.10 Å². The number of alkyl halides is 1. The SMILES string of the molecule is C[C@@H]1O[C@@]1(Cl)c1ccccc1. The molecule has 0 aromatic heterocycles. The van der Waals surface area contributed by atoms with Crippen molar-refractivity contribution in [1.29, 1.82) is 0 Å². The van der Waals surface area contributed by atoms with Crippen LogP contribution in [0.3, 0.4) is 0 Å². The van der Waals surface area contributed by atoms with Crippen molar-refractivity contribution in [3.05, 3.63) is 35.9 Å². The van der Waals surface area contributed by atoms with Gasteiger partial charge in [-0.25, -0.2) is 0 Å².